The number of piperazine rings is 1. The molecular weight excluding hydrogens is 240 g/mol. The van der Waals surface area contributed by atoms with Crippen LogP contribution >= 0.6 is 0 Å². The summed E-state index contributed by atoms with van der Waals surface area (Å²) >= 11 is 0. The fourth-order valence-corrected chi connectivity index (χ4v) is 3.58. The van der Waals surface area contributed by atoms with Crippen LogP contribution in [0.3, 0.4) is 0 Å². The van der Waals surface area contributed by atoms with E-state index in [-0.39, 0.29) is 23.9 Å². The molecule has 2 aliphatic rings. The average molecular weight is 266 g/mol. The van der Waals surface area contributed by atoms with Crippen molar-refractivity contribution >= 4 is 11.8 Å². The van der Waals surface area contributed by atoms with Gasteiger partial charge in [0.2, 0.25) is 11.8 Å². The molecule has 0 radical (unpaired) electrons. The first kappa shape index (κ1) is 14.4. The van der Waals surface area contributed by atoms with E-state index in [1.165, 1.54) is 6.42 Å². The number of carbonyl (C=O) groups excluding carboxylic acids is 2. The second-order valence-corrected chi connectivity index (χ2v) is 6.16. The van der Waals surface area contributed by atoms with Gasteiger partial charge in [0.1, 0.15) is 11.6 Å². The number of carbonyl (C=O) groups is 2. The molecular formula is C15H26N2O2. The quantitative estimate of drug-likeness (QED) is 0.851. The van der Waals surface area contributed by atoms with Crippen molar-refractivity contribution in [1.82, 2.24) is 10.2 Å². The summed E-state index contributed by atoms with van der Waals surface area (Å²) in [5.74, 6) is 0.171. The Kier molecular flexibility index (Phi) is 4.16. The fourth-order valence-electron chi connectivity index (χ4n) is 3.58. The summed E-state index contributed by atoms with van der Waals surface area (Å²) in [6.07, 6.45) is 6.85. The minimum atomic E-state index is -0.593. The van der Waals surface area contributed by atoms with Gasteiger partial charge in [-0.15, -0.1) is 0 Å². The Labute approximate surface area is 115 Å². The molecule has 0 aromatic heterocycles. The van der Waals surface area contributed by atoms with Gasteiger partial charge in [0.05, 0.1) is 0 Å². The van der Waals surface area contributed by atoms with E-state index in [1.807, 2.05) is 11.8 Å². The van der Waals surface area contributed by atoms with Gasteiger partial charge in [0.25, 0.3) is 0 Å². The molecule has 1 saturated heterocycles. The van der Waals surface area contributed by atoms with E-state index in [0.29, 0.717) is 0 Å². The van der Waals surface area contributed by atoms with Gasteiger partial charge >= 0.3 is 0 Å². The fraction of sp³-hybridized carbons (Fsp3) is 0.867. The first-order valence-electron chi connectivity index (χ1n) is 7.66. The Morgan fingerprint density at radius 1 is 1.32 bits per heavy atom. The Morgan fingerprint density at radius 2 is 1.95 bits per heavy atom. The molecule has 0 aromatic carbocycles. The van der Waals surface area contributed by atoms with E-state index < -0.39 is 5.54 Å². The number of nitrogens with zero attached hydrogens (tertiary/aromatic N) is 1. The zero-order chi connectivity index (χ0) is 14.0. The van der Waals surface area contributed by atoms with Crippen LogP contribution in [0.5, 0.6) is 0 Å². The molecule has 0 bridgehead atoms. The van der Waals surface area contributed by atoms with Crippen molar-refractivity contribution in [2.75, 3.05) is 0 Å². The van der Waals surface area contributed by atoms with Crippen LogP contribution < -0.4 is 5.32 Å². The van der Waals surface area contributed by atoms with Crippen LogP contribution in [0.25, 0.3) is 0 Å². The summed E-state index contributed by atoms with van der Waals surface area (Å²) in [6, 6.07) is -0.182. The maximum absolute atomic E-state index is 12.9. The van der Waals surface area contributed by atoms with Crippen molar-refractivity contribution < 1.29 is 9.59 Å². The number of hydrogen-bond acceptors (Lipinski definition) is 2. The van der Waals surface area contributed by atoms with E-state index >= 15 is 0 Å². The van der Waals surface area contributed by atoms with E-state index in [9.17, 15) is 9.59 Å². The first-order valence-corrected chi connectivity index (χ1v) is 7.66. The summed E-state index contributed by atoms with van der Waals surface area (Å²) in [7, 11) is 0. The van der Waals surface area contributed by atoms with Crippen molar-refractivity contribution in [2.24, 2.45) is 0 Å². The molecule has 108 valence electrons. The molecule has 2 unspecified atom stereocenters. The predicted molar refractivity (Wildman–Crippen MR) is 74.6 cm³/mol. The smallest absolute Gasteiger partial charge is 0.249 e. The minimum Gasteiger partial charge on any atom is -0.340 e. The third-order valence-corrected chi connectivity index (χ3v) is 4.69. The van der Waals surface area contributed by atoms with Crippen molar-refractivity contribution in [3.05, 3.63) is 0 Å². The Hall–Kier alpha value is -1.06. The predicted octanol–water partition coefficient (Wildman–Crippen LogP) is 2.22. The SMILES string of the molecule is CCCC(C)N1C(=O)C2(CCCCC2)NC(=O)C1C. The van der Waals surface area contributed by atoms with Gasteiger partial charge < -0.3 is 10.2 Å². The summed E-state index contributed by atoms with van der Waals surface area (Å²) < 4.78 is 0. The second-order valence-electron chi connectivity index (χ2n) is 6.16. The maximum atomic E-state index is 12.9. The van der Waals surface area contributed by atoms with Crippen LogP contribution in [0.4, 0.5) is 0 Å². The summed E-state index contributed by atoms with van der Waals surface area (Å²) in [4.78, 5) is 27.0. The molecule has 1 aliphatic heterocycles. The molecule has 2 atom stereocenters. The third-order valence-electron chi connectivity index (χ3n) is 4.69. The lowest BCUT2D eigenvalue weighted by atomic mass is 9.78. The third kappa shape index (κ3) is 2.49. The van der Waals surface area contributed by atoms with E-state index in [2.05, 4.69) is 19.2 Å². The molecule has 2 rings (SSSR count). The van der Waals surface area contributed by atoms with Crippen LogP contribution in [0.15, 0.2) is 0 Å². The van der Waals surface area contributed by atoms with Crippen molar-refractivity contribution in [2.45, 2.75) is 83.3 Å². The van der Waals surface area contributed by atoms with Gasteiger partial charge in [-0.1, -0.05) is 32.6 Å². The molecule has 2 fully saturated rings. The van der Waals surface area contributed by atoms with Gasteiger partial charge in [-0.05, 0) is 33.1 Å². The van der Waals surface area contributed by atoms with Gasteiger partial charge in [-0.2, -0.15) is 0 Å². The van der Waals surface area contributed by atoms with Crippen LogP contribution in [0, 0.1) is 0 Å². The van der Waals surface area contributed by atoms with Gasteiger partial charge in [0, 0.05) is 6.04 Å². The Bertz CT molecular complexity index is 361. The molecule has 2 amide bonds. The van der Waals surface area contributed by atoms with Crippen molar-refractivity contribution in [3.8, 4) is 0 Å². The summed E-state index contributed by atoms with van der Waals surface area (Å²) in [6.45, 7) is 6.02. The lowest BCUT2D eigenvalue weighted by Crippen LogP contribution is -2.71. The lowest BCUT2D eigenvalue weighted by Gasteiger charge is -2.49. The average Bonchev–Trinajstić information content (AvgIpc) is 2.38. The standard InChI is InChI=1S/C15H26N2O2/c1-4-8-11(2)17-12(3)13(18)16-15(14(17)19)9-6-5-7-10-15/h11-12H,4-10H2,1-3H3,(H,16,18). The van der Waals surface area contributed by atoms with Crippen LogP contribution in [0.2, 0.25) is 0 Å². The van der Waals surface area contributed by atoms with Crippen LogP contribution in [-0.2, 0) is 9.59 Å². The minimum absolute atomic E-state index is 0.0180. The first-order chi connectivity index (χ1) is 9.02. The number of hydrogen-bond donors (Lipinski definition) is 1. The van der Waals surface area contributed by atoms with Crippen LogP contribution in [-0.4, -0.2) is 34.3 Å². The molecule has 0 aromatic rings. The molecule has 1 N–H and O–H groups in total. The highest BCUT2D eigenvalue weighted by molar-refractivity contribution is 5.99. The zero-order valence-corrected chi connectivity index (χ0v) is 12.4. The normalized spacial score (nSPS) is 28.4. The number of nitrogens with one attached hydrogen (secondary N) is 1. The Balaban J connectivity index is 2.25. The number of rotatable bonds is 3. The molecule has 4 heteroatoms. The zero-order valence-electron chi connectivity index (χ0n) is 12.4. The molecule has 19 heavy (non-hydrogen) atoms. The monoisotopic (exact) mass is 266 g/mol. The summed E-state index contributed by atoms with van der Waals surface area (Å²) in [5.41, 5.74) is -0.593. The lowest BCUT2D eigenvalue weighted by molar-refractivity contribution is -0.158. The van der Waals surface area contributed by atoms with Crippen molar-refractivity contribution in [3.63, 3.8) is 0 Å². The molecule has 1 aliphatic carbocycles. The second kappa shape index (κ2) is 5.51. The maximum Gasteiger partial charge on any atom is 0.249 e. The van der Waals surface area contributed by atoms with Gasteiger partial charge in [-0.3, -0.25) is 9.59 Å². The van der Waals surface area contributed by atoms with E-state index in [0.717, 1.165) is 38.5 Å². The highest BCUT2D eigenvalue weighted by atomic mass is 16.2. The molecule has 1 heterocycles. The van der Waals surface area contributed by atoms with Gasteiger partial charge in [0.15, 0.2) is 0 Å². The van der Waals surface area contributed by atoms with Crippen molar-refractivity contribution in [1.29, 1.82) is 0 Å². The highest BCUT2D eigenvalue weighted by Gasteiger charge is 2.50. The van der Waals surface area contributed by atoms with Crippen LogP contribution in [0.1, 0.15) is 65.7 Å². The van der Waals surface area contributed by atoms with E-state index in [1.54, 1.807) is 0 Å². The van der Waals surface area contributed by atoms with Gasteiger partial charge in [-0.25, -0.2) is 0 Å². The summed E-state index contributed by atoms with van der Waals surface area (Å²) in [5, 5.41) is 3.03. The Morgan fingerprint density at radius 3 is 2.53 bits per heavy atom. The largest absolute Gasteiger partial charge is 0.340 e. The topological polar surface area (TPSA) is 49.4 Å². The molecule has 1 saturated carbocycles. The van der Waals surface area contributed by atoms with E-state index in [4.69, 9.17) is 0 Å². The molecule has 1 spiro atoms. The molecule has 4 nitrogen and oxygen atoms in total. The highest BCUT2D eigenvalue weighted by Crippen LogP contribution is 2.34. The number of amides is 2.